The molecule has 0 saturated carbocycles. The van der Waals surface area contributed by atoms with Gasteiger partial charge in [0.25, 0.3) is 5.91 Å². The number of aryl methyl sites for hydroxylation is 2. The molecule has 0 atom stereocenters. The van der Waals surface area contributed by atoms with Crippen LogP contribution in [0.2, 0.25) is 0 Å². The van der Waals surface area contributed by atoms with E-state index in [4.69, 9.17) is 9.47 Å². The lowest BCUT2D eigenvalue weighted by molar-refractivity contribution is -0.140. The van der Waals surface area contributed by atoms with E-state index < -0.39 is 5.97 Å². The van der Waals surface area contributed by atoms with Crippen molar-refractivity contribution in [3.05, 3.63) is 59.0 Å². The van der Waals surface area contributed by atoms with Crippen LogP contribution in [-0.4, -0.2) is 65.1 Å². The quantitative estimate of drug-likeness (QED) is 0.498. The molecule has 1 amide bonds. The molecule has 0 aliphatic carbocycles. The summed E-state index contributed by atoms with van der Waals surface area (Å²) in [7, 11) is 1.99. The Balaban J connectivity index is 1.55. The Kier molecular flexibility index (Phi) is 8.12. The summed E-state index contributed by atoms with van der Waals surface area (Å²) in [4.78, 5) is 31.0. The summed E-state index contributed by atoms with van der Waals surface area (Å²) >= 11 is 0. The van der Waals surface area contributed by atoms with Crippen LogP contribution in [0.3, 0.4) is 0 Å². The van der Waals surface area contributed by atoms with E-state index in [-0.39, 0.29) is 17.4 Å². The summed E-state index contributed by atoms with van der Waals surface area (Å²) in [6, 6.07) is 7.30. The van der Waals surface area contributed by atoms with Gasteiger partial charge < -0.3 is 18.9 Å². The number of fused-ring (bicyclic) bond motifs is 1. The standard InChI is InChI=1S/C30H41N3O4/c1-21(2)37-29(35)25-19-33(20-30(4,5)27-26(25)22(3)18-31(27)6)28(34)23-10-12-24(13-11-23)36-17-16-32-14-8-7-9-15-32/h10-13,18-19,21H,7-9,14-17,20H2,1-6H3. The van der Waals surface area contributed by atoms with Crippen LogP contribution in [0.1, 0.15) is 74.1 Å². The van der Waals surface area contributed by atoms with Crippen LogP contribution >= 0.6 is 0 Å². The second-order valence-corrected chi connectivity index (χ2v) is 11.2. The smallest absolute Gasteiger partial charge is 0.340 e. The predicted octanol–water partition coefficient (Wildman–Crippen LogP) is 4.92. The van der Waals surface area contributed by atoms with Gasteiger partial charge in [-0.1, -0.05) is 20.3 Å². The molecule has 1 aromatic heterocycles. The highest BCUT2D eigenvalue weighted by atomic mass is 16.5. The van der Waals surface area contributed by atoms with E-state index in [1.54, 1.807) is 23.2 Å². The van der Waals surface area contributed by atoms with E-state index in [0.717, 1.165) is 42.2 Å². The van der Waals surface area contributed by atoms with Gasteiger partial charge in [0.05, 0.1) is 11.7 Å². The molecular formula is C30H41N3O4. The maximum absolute atomic E-state index is 13.7. The first-order valence-corrected chi connectivity index (χ1v) is 13.4. The number of hydrogen-bond acceptors (Lipinski definition) is 5. The number of esters is 1. The van der Waals surface area contributed by atoms with Gasteiger partial charge in [-0.05, 0) is 76.5 Å². The zero-order valence-corrected chi connectivity index (χ0v) is 23.2. The first-order valence-electron chi connectivity index (χ1n) is 13.4. The molecule has 37 heavy (non-hydrogen) atoms. The number of rotatable bonds is 7. The predicted molar refractivity (Wildman–Crippen MR) is 146 cm³/mol. The molecule has 0 unspecified atom stereocenters. The van der Waals surface area contributed by atoms with Crippen LogP contribution in [-0.2, 0) is 22.0 Å². The minimum atomic E-state index is -0.418. The van der Waals surface area contributed by atoms with Gasteiger partial charge in [-0.15, -0.1) is 0 Å². The molecule has 0 bridgehead atoms. The second kappa shape index (κ2) is 11.1. The van der Waals surface area contributed by atoms with Gasteiger partial charge in [0.2, 0.25) is 0 Å². The van der Waals surface area contributed by atoms with Crippen LogP contribution in [0.15, 0.2) is 36.7 Å². The Bertz CT molecular complexity index is 1150. The Hall–Kier alpha value is -3.06. The van der Waals surface area contributed by atoms with Crippen molar-refractivity contribution in [2.24, 2.45) is 7.05 Å². The number of carbonyl (C=O) groups is 2. The topological polar surface area (TPSA) is 64.0 Å². The maximum atomic E-state index is 13.7. The molecule has 1 saturated heterocycles. The zero-order chi connectivity index (χ0) is 26.7. The van der Waals surface area contributed by atoms with Crippen molar-refractivity contribution in [3.63, 3.8) is 0 Å². The largest absolute Gasteiger partial charge is 0.492 e. The molecular weight excluding hydrogens is 466 g/mol. The van der Waals surface area contributed by atoms with Crippen molar-refractivity contribution >= 4 is 17.4 Å². The number of nitrogens with zero attached hydrogens (tertiary/aromatic N) is 3. The first kappa shape index (κ1) is 27.0. The van der Waals surface area contributed by atoms with Crippen molar-refractivity contribution in [1.82, 2.24) is 14.4 Å². The SMILES string of the molecule is Cc1cn(C)c2c1C(C(=O)OC(C)C)=CN(C(=O)c1ccc(OCCN3CCCCC3)cc1)CC2(C)C. The van der Waals surface area contributed by atoms with Gasteiger partial charge in [-0.2, -0.15) is 0 Å². The normalized spacial score (nSPS) is 17.7. The molecule has 3 heterocycles. The highest BCUT2D eigenvalue weighted by Gasteiger charge is 2.38. The number of ether oxygens (including phenoxy) is 2. The van der Waals surface area contributed by atoms with Crippen molar-refractivity contribution in [2.75, 3.05) is 32.8 Å². The summed E-state index contributed by atoms with van der Waals surface area (Å²) in [5, 5.41) is 0. The fraction of sp³-hybridized carbons (Fsp3) is 0.533. The molecule has 2 aromatic rings. The molecule has 2 aliphatic rings. The van der Waals surface area contributed by atoms with E-state index in [1.165, 1.54) is 19.3 Å². The Labute approximate surface area is 221 Å². The zero-order valence-electron chi connectivity index (χ0n) is 23.2. The number of amides is 1. The van der Waals surface area contributed by atoms with Crippen LogP contribution in [0.5, 0.6) is 5.75 Å². The number of carbonyl (C=O) groups excluding carboxylic acids is 2. The molecule has 1 aromatic carbocycles. The Morgan fingerprint density at radius 2 is 1.73 bits per heavy atom. The molecule has 4 rings (SSSR count). The van der Waals surface area contributed by atoms with Gasteiger partial charge in [0.15, 0.2) is 0 Å². The van der Waals surface area contributed by atoms with Crippen molar-refractivity contribution < 1.29 is 19.1 Å². The fourth-order valence-corrected chi connectivity index (χ4v) is 5.60. The van der Waals surface area contributed by atoms with E-state index in [1.807, 2.05) is 46.1 Å². The van der Waals surface area contributed by atoms with Crippen LogP contribution in [0.4, 0.5) is 0 Å². The fourth-order valence-electron chi connectivity index (χ4n) is 5.60. The third-order valence-electron chi connectivity index (χ3n) is 7.18. The Morgan fingerprint density at radius 3 is 2.38 bits per heavy atom. The molecule has 7 heteroatoms. The first-order chi connectivity index (χ1) is 17.6. The lowest BCUT2D eigenvalue weighted by Crippen LogP contribution is -2.38. The van der Waals surface area contributed by atoms with Gasteiger partial charge in [0.1, 0.15) is 12.4 Å². The summed E-state index contributed by atoms with van der Waals surface area (Å²) < 4.78 is 13.6. The highest BCUT2D eigenvalue weighted by Crippen LogP contribution is 2.38. The van der Waals surface area contributed by atoms with E-state index in [2.05, 4.69) is 23.3 Å². The molecule has 200 valence electrons. The summed E-state index contributed by atoms with van der Waals surface area (Å²) in [5.41, 5.74) is 3.43. The van der Waals surface area contributed by atoms with Gasteiger partial charge in [0, 0.05) is 54.8 Å². The van der Waals surface area contributed by atoms with E-state index in [9.17, 15) is 9.59 Å². The highest BCUT2D eigenvalue weighted by molar-refractivity contribution is 6.18. The van der Waals surface area contributed by atoms with Crippen molar-refractivity contribution in [2.45, 2.75) is 65.4 Å². The average molecular weight is 508 g/mol. The minimum absolute atomic E-state index is 0.159. The van der Waals surface area contributed by atoms with E-state index in [0.29, 0.717) is 24.3 Å². The number of piperidine rings is 1. The maximum Gasteiger partial charge on any atom is 0.340 e. The third kappa shape index (κ3) is 6.09. The lowest BCUT2D eigenvalue weighted by Gasteiger charge is -2.30. The molecule has 0 spiro atoms. The molecule has 2 aliphatic heterocycles. The van der Waals surface area contributed by atoms with Gasteiger partial charge in [-0.25, -0.2) is 4.79 Å². The van der Waals surface area contributed by atoms with Crippen LogP contribution < -0.4 is 4.74 Å². The monoisotopic (exact) mass is 507 g/mol. The van der Waals surface area contributed by atoms with E-state index >= 15 is 0 Å². The number of benzene rings is 1. The van der Waals surface area contributed by atoms with Gasteiger partial charge in [-0.3, -0.25) is 9.69 Å². The van der Waals surface area contributed by atoms with Crippen LogP contribution in [0, 0.1) is 6.92 Å². The lowest BCUT2D eigenvalue weighted by atomic mass is 9.84. The number of likely N-dealkylation sites (tertiary alicyclic amines) is 1. The summed E-state index contributed by atoms with van der Waals surface area (Å²) in [6.45, 7) is 14.1. The van der Waals surface area contributed by atoms with Gasteiger partial charge >= 0.3 is 5.97 Å². The molecule has 1 fully saturated rings. The number of aromatic nitrogens is 1. The molecule has 7 nitrogen and oxygen atoms in total. The molecule has 0 radical (unpaired) electrons. The number of hydrogen-bond donors (Lipinski definition) is 0. The van der Waals surface area contributed by atoms with Crippen LogP contribution in [0.25, 0.3) is 5.57 Å². The Morgan fingerprint density at radius 1 is 1.05 bits per heavy atom. The molecule has 0 N–H and O–H groups in total. The third-order valence-corrected chi connectivity index (χ3v) is 7.18. The summed E-state index contributed by atoms with van der Waals surface area (Å²) in [6.07, 6.45) is 7.30. The second-order valence-electron chi connectivity index (χ2n) is 11.2. The minimum Gasteiger partial charge on any atom is -0.492 e. The summed E-state index contributed by atoms with van der Waals surface area (Å²) in [5.74, 6) is 0.177. The van der Waals surface area contributed by atoms with Crippen molar-refractivity contribution in [1.29, 1.82) is 0 Å². The van der Waals surface area contributed by atoms with Crippen molar-refractivity contribution in [3.8, 4) is 5.75 Å². The average Bonchev–Trinajstić information content (AvgIpc) is 3.08.